The zero-order valence-corrected chi connectivity index (χ0v) is 30.3. The Bertz CT molecular complexity index is 2030. The first-order valence-electron chi connectivity index (χ1n) is 18.0. The van der Waals surface area contributed by atoms with E-state index in [0.717, 1.165) is 60.1 Å². The van der Waals surface area contributed by atoms with E-state index in [1.807, 2.05) is 60.7 Å². The maximum Gasteiger partial charge on any atom is 0.310 e. The Morgan fingerprint density at radius 1 is 0.889 bits per heavy atom. The van der Waals surface area contributed by atoms with E-state index in [2.05, 4.69) is 15.1 Å². The highest BCUT2D eigenvalue weighted by atomic mass is 16.7. The zero-order chi connectivity index (χ0) is 37.3. The molecular formula is C40H42N4O10. The fraction of sp³-hybridized carbons (Fsp3) is 0.375. The van der Waals surface area contributed by atoms with Gasteiger partial charge >= 0.3 is 5.97 Å². The van der Waals surface area contributed by atoms with Gasteiger partial charge in [-0.25, -0.2) is 0 Å². The molecule has 0 amide bonds. The standard InChI is InChI=1S/C40H42N4O10/c1-48-34-17-24(18-35(49-2)39(34)50-3)36-29-19-32-33(53-23-52-32)20-30(29)38(31-22-51-40(45)37(31)36)41-12-4-5-27-10-11-28(54-27)21-42-13-15-43(16-14-42)25-6-8-26(9-7-25)44(46)47/h4-11,17-20,31,36-38,41H,12-16,21-23H2,1-3H3/b5-4+/t31-,36+,37-,38+/m0/s1. The second kappa shape index (κ2) is 15.0. The SMILES string of the molecule is COc1cc([C@@H]2c3cc4c(cc3[C@@H](NC/C=C/c3ccc(CN5CCN(c6ccc([N+](=O)[O-])cc6)CC5)o3)[C@H]3COC(=O)[C@H]23)OCO4)cc(OC)c1OC. The minimum atomic E-state index is -0.467. The number of ether oxygens (including phenoxy) is 6. The molecule has 8 rings (SSSR count). The van der Waals surface area contributed by atoms with Crippen LogP contribution in [0.4, 0.5) is 11.4 Å². The van der Waals surface area contributed by atoms with E-state index in [9.17, 15) is 14.9 Å². The van der Waals surface area contributed by atoms with Gasteiger partial charge in [-0.05, 0) is 71.3 Å². The molecule has 1 aromatic heterocycles. The van der Waals surface area contributed by atoms with E-state index in [0.29, 0.717) is 41.8 Å². The Labute approximate surface area is 312 Å². The highest BCUT2D eigenvalue weighted by Gasteiger charge is 2.52. The number of non-ortho nitro benzene ring substituents is 1. The topological polar surface area (TPSA) is 147 Å². The minimum Gasteiger partial charge on any atom is -0.493 e. The third-order valence-electron chi connectivity index (χ3n) is 10.8. The fourth-order valence-electron chi connectivity index (χ4n) is 8.21. The van der Waals surface area contributed by atoms with Crippen molar-refractivity contribution < 1.29 is 42.6 Å². The lowest BCUT2D eigenvalue weighted by molar-refractivity contribution is -0.384. The highest BCUT2D eigenvalue weighted by molar-refractivity contribution is 5.79. The van der Waals surface area contributed by atoms with Crippen molar-refractivity contribution >= 4 is 23.4 Å². The molecule has 0 unspecified atom stereocenters. The Hall–Kier alpha value is -5.73. The third kappa shape index (κ3) is 6.67. The number of methoxy groups -OCH3 is 3. The molecule has 1 aliphatic carbocycles. The van der Waals surface area contributed by atoms with E-state index < -0.39 is 5.92 Å². The summed E-state index contributed by atoms with van der Waals surface area (Å²) in [5.41, 5.74) is 3.89. The summed E-state index contributed by atoms with van der Waals surface area (Å²) >= 11 is 0. The maximum atomic E-state index is 13.5. The van der Waals surface area contributed by atoms with Crippen LogP contribution in [-0.4, -0.2) is 83.2 Å². The van der Waals surface area contributed by atoms with Crippen LogP contribution in [0, 0.1) is 22.0 Å². The van der Waals surface area contributed by atoms with E-state index in [1.165, 1.54) is 0 Å². The Morgan fingerprint density at radius 3 is 2.26 bits per heavy atom. The second-order valence-electron chi connectivity index (χ2n) is 13.7. The van der Waals surface area contributed by atoms with E-state index in [1.54, 1.807) is 33.5 Å². The second-order valence-corrected chi connectivity index (χ2v) is 13.7. The summed E-state index contributed by atoms with van der Waals surface area (Å²) in [4.78, 5) is 28.7. The summed E-state index contributed by atoms with van der Waals surface area (Å²) in [6.45, 7) is 4.98. The van der Waals surface area contributed by atoms with Crippen LogP contribution in [0.3, 0.4) is 0 Å². The average Bonchev–Trinajstić information content (AvgIpc) is 3.95. The van der Waals surface area contributed by atoms with Gasteiger partial charge in [0.05, 0.1) is 45.3 Å². The van der Waals surface area contributed by atoms with Crippen LogP contribution in [0.2, 0.25) is 0 Å². The Morgan fingerprint density at radius 2 is 1.59 bits per heavy atom. The normalized spacial score (nSPS) is 21.8. The lowest BCUT2D eigenvalue weighted by atomic mass is 9.65. The van der Waals surface area contributed by atoms with Crippen molar-refractivity contribution in [1.29, 1.82) is 0 Å². The molecule has 3 aliphatic heterocycles. The number of nitro groups is 1. The van der Waals surface area contributed by atoms with Gasteiger partial charge in [0.2, 0.25) is 12.5 Å². The van der Waals surface area contributed by atoms with E-state index in [-0.39, 0.29) is 47.9 Å². The molecule has 4 heterocycles. The lowest BCUT2D eigenvalue weighted by Crippen LogP contribution is -2.45. The predicted octanol–water partition coefficient (Wildman–Crippen LogP) is 5.54. The van der Waals surface area contributed by atoms with E-state index >= 15 is 0 Å². The monoisotopic (exact) mass is 738 g/mol. The smallest absolute Gasteiger partial charge is 0.310 e. The van der Waals surface area contributed by atoms with Crippen molar-refractivity contribution in [2.75, 3.05) is 72.4 Å². The van der Waals surface area contributed by atoms with Crippen LogP contribution in [0.15, 0.2) is 71.2 Å². The number of anilines is 1. The van der Waals surface area contributed by atoms with Gasteiger partial charge < -0.3 is 43.1 Å². The van der Waals surface area contributed by atoms with Gasteiger partial charge in [0, 0.05) is 68.4 Å². The van der Waals surface area contributed by atoms with Crippen molar-refractivity contribution in [3.8, 4) is 28.7 Å². The number of furan rings is 1. The number of fused-ring (bicyclic) bond motifs is 3. The zero-order valence-electron chi connectivity index (χ0n) is 30.3. The van der Waals surface area contributed by atoms with Gasteiger partial charge in [0.25, 0.3) is 5.69 Å². The number of benzene rings is 3. The summed E-state index contributed by atoms with van der Waals surface area (Å²) in [7, 11) is 4.71. The van der Waals surface area contributed by atoms with Crippen LogP contribution in [-0.2, 0) is 16.1 Å². The molecule has 0 saturated carbocycles. The predicted molar refractivity (Wildman–Crippen MR) is 198 cm³/mol. The number of nitro benzene ring substituents is 1. The number of hydrogen-bond acceptors (Lipinski definition) is 13. The van der Waals surface area contributed by atoms with Crippen molar-refractivity contribution in [3.63, 3.8) is 0 Å². The summed E-state index contributed by atoms with van der Waals surface area (Å²) in [6, 6.07) is 18.3. The van der Waals surface area contributed by atoms with Crippen LogP contribution in [0.1, 0.15) is 40.2 Å². The number of piperazine rings is 1. The third-order valence-corrected chi connectivity index (χ3v) is 10.8. The molecule has 1 N–H and O–H groups in total. The van der Waals surface area contributed by atoms with Crippen molar-refractivity contribution in [3.05, 3.63) is 105 Å². The summed E-state index contributed by atoms with van der Waals surface area (Å²) < 4.78 is 40.5. The van der Waals surface area contributed by atoms with Gasteiger partial charge in [-0.15, -0.1) is 0 Å². The van der Waals surface area contributed by atoms with Crippen molar-refractivity contribution in [1.82, 2.24) is 10.2 Å². The number of carbonyl (C=O) groups is 1. The van der Waals surface area contributed by atoms with Crippen LogP contribution >= 0.6 is 0 Å². The molecule has 4 aromatic rings. The molecule has 0 spiro atoms. The fourth-order valence-corrected chi connectivity index (χ4v) is 8.21. The highest BCUT2D eigenvalue weighted by Crippen LogP contribution is 2.55. The van der Waals surface area contributed by atoms with Crippen LogP contribution < -0.4 is 33.9 Å². The van der Waals surface area contributed by atoms with Crippen LogP contribution in [0.5, 0.6) is 28.7 Å². The van der Waals surface area contributed by atoms with Gasteiger partial charge in [-0.1, -0.05) is 6.08 Å². The molecule has 4 aliphatic rings. The van der Waals surface area contributed by atoms with Crippen molar-refractivity contribution in [2.45, 2.75) is 18.5 Å². The number of nitrogens with one attached hydrogen (secondary N) is 1. The molecule has 3 aromatic carbocycles. The first kappa shape index (κ1) is 35.3. The molecule has 282 valence electrons. The molecule has 54 heavy (non-hydrogen) atoms. The van der Waals surface area contributed by atoms with Crippen molar-refractivity contribution in [2.24, 2.45) is 11.8 Å². The number of cyclic esters (lactones) is 1. The summed E-state index contributed by atoms with van der Waals surface area (Å²) in [5.74, 6) is 3.19. The summed E-state index contributed by atoms with van der Waals surface area (Å²) in [6.07, 6.45) is 3.98. The van der Waals surface area contributed by atoms with Crippen LogP contribution in [0.25, 0.3) is 6.08 Å². The quantitative estimate of drug-likeness (QED) is 0.110. The lowest BCUT2D eigenvalue weighted by Gasteiger charge is -2.39. The minimum absolute atomic E-state index is 0.0967. The molecule has 0 bridgehead atoms. The first-order valence-corrected chi connectivity index (χ1v) is 18.0. The largest absolute Gasteiger partial charge is 0.493 e. The first-order chi connectivity index (χ1) is 26.3. The molecule has 2 fully saturated rings. The van der Waals surface area contributed by atoms with Gasteiger partial charge in [0.1, 0.15) is 11.5 Å². The maximum absolute atomic E-state index is 13.5. The molecule has 14 heteroatoms. The van der Waals surface area contributed by atoms with Gasteiger partial charge in [-0.2, -0.15) is 0 Å². The molecule has 4 atom stereocenters. The number of rotatable bonds is 12. The van der Waals surface area contributed by atoms with Gasteiger partial charge in [-0.3, -0.25) is 19.8 Å². The number of hydrogen-bond donors (Lipinski definition) is 1. The number of nitrogens with zero attached hydrogens (tertiary/aromatic N) is 3. The summed E-state index contributed by atoms with van der Waals surface area (Å²) in [5, 5.41) is 14.7. The Kier molecular flexibility index (Phi) is 9.78. The van der Waals surface area contributed by atoms with Gasteiger partial charge in [0.15, 0.2) is 23.0 Å². The Balaban J connectivity index is 0.958. The number of esters is 1. The number of carbonyl (C=O) groups excluding carboxylic acids is 1. The molecule has 2 saturated heterocycles. The average molecular weight is 739 g/mol. The molecule has 14 nitrogen and oxygen atoms in total. The molecule has 0 radical (unpaired) electrons. The molecular weight excluding hydrogens is 696 g/mol. The van der Waals surface area contributed by atoms with E-state index in [4.69, 9.17) is 32.8 Å².